The van der Waals surface area contributed by atoms with Crippen LogP contribution in [0.5, 0.6) is 0 Å². The minimum Gasteiger partial charge on any atom is -0.468 e. The maximum Gasteiger partial charge on any atom is 0.326 e. The van der Waals surface area contributed by atoms with Gasteiger partial charge in [0, 0.05) is 6.42 Å². The lowest BCUT2D eigenvalue weighted by molar-refractivity contribution is -0.152. The third-order valence-corrected chi connectivity index (χ3v) is 2.94. The highest BCUT2D eigenvalue weighted by Crippen LogP contribution is 2.25. The first kappa shape index (κ1) is 13.0. The van der Waals surface area contributed by atoms with Gasteiger partial charge in [-0.3, -0.25) is 4.79 Å². The Morgan fingerprint density at radius 1 is 1.44 bits per heavy atom. The Kier molecular flexibility index (Phi) is 4.33. The predicted octanol–water partition coefficient (Wildman–Crippen LogP) is 1.56. The third kappa shape index (κ3) is 2.36. The molecule has 0 saturated carbocycles. The number of esters is 1. The normalized spacial score (nSPS) is 22.8. The molecule has 0 radical (unpaired) electrons. The van der Waals surface area contributed by atoms with Crippen LogP contribution < -0.4 is 5.32 Å². The number of benzene rings is 1. The molecule has 1 atom stereocenters. The van der Waals surface area contributed by atoms with Gasteiger partial charge in [-0.2, -0.15) is 0 Å². The fourth-order valence-corrected chi connectivity index (χ4v) is 1.96. The molecule has 0 spiro atoms. The summed E-state index contributed by atoms with van der Waals surface area (Å²) in [4.78, 5) is 11.6. The molecule has 0 aliphatic carbocycles. The molecule has 1 aromatic rings. The standard InChI is InChI=1S/C12H15NO2.ClH/c1-15-11(14)12(7-8-13-12)9-10-5-3-2-4-6-10;/h2-6,13H,7-9H2,1H3;1H. The minimum absolute atomic E-state index is 0. The van der Waals surface area contributed by atoms with Gasteiger partial charge in [0.15, 0.2) is 0 Å². The molecule has 16 heavy (non-hydrogen) atoms. The van der Waals surface area contributed by atoms with Gasteiger partial charge in [-0.15, -0.1) is 12.4 Å². The van der Waals surface area contributed by atoms with Crippen LogP contribution in [0.15, 0.2) is 30.3 Å². The van der Waals surface area contributed by atoms with E-state index in [0.717, 1.165) is 18.5 Å². The summed E-state index contributed by atoms with van der Waals surface area (Å²) in [5.41, 5.74) is 0.686. The van der Waals surface area contributed by atoms with E-state index in [1.54, 1.807) is 0 Å². The van der Waals surface area contributed by atoms with Crippen molar-refractivity contribution in [2.24, 2.45) is 0 Å². The monoisotopic (exact) mass is 241 g/mol. The van der Waals surface area contributed by atoms with Crippen LogP contribution in [0.1, 0.15) is 12.0 Å². The number of halogens is 1. The molecule has 1 aliphatic rings. The molecule has 3 nitrogen and oxygen atoms in total. The Hall–Kier alpha value is -1.06. The van der Waals surface area contributed by atoms with E-state index in [2.05, 4.69) is 5.32 Å². The number of carbonyl (C=O) groups is 1. The van der Waals surface area contributed by atoms with Crippen molar-refractivity contribution in [1.29, 1.82) is 0 Å². The molecule has 1 saturated heterocycles. The highest BCUT2D eigenvalue weighted by Gasteiger charge is 2.44. The summed E-state index contributed by atoms with van der Waals surface area (Å²) in [5, 5.41) is 3.18. The molecule has 0 bridgehead atoms. The van der Waals surface area contributed by atoms with Crippen molar-refractivity contribution in [2.45, 2.75) is 18.4 Å². The van der Waals surface area contributed by atoms with Crippen molar-refractivity contribution < 1.29 is 9.53 Å². The second-order valence-electron chi connectivity index (χ2n) is 3.91. The molecule has 2 rings (SSSR count). The van der Waals surface area contributed by atoms with Gasteiger partial charge in [-0.25, -0.2) is 0 Å². The summed E-state index contributed by atoms with van der Waals surface area (Å²) < 4.78 is 4.83. The molecule has 1 heterocycles. The lowest BCUT2D eigenvalue weighted by atomic mass is 9.82. The maximum atomic E-state index is 11.6. The highest BCUT2D eigenvalue weighted by molar-refractivity contribution is 5.85. The molecule has 1 fully saturated rings. The van der Waals surface area contributed by atoms with Gasteiger partial charge in [0.05, 0.1) is 7.11 Å². The van der Waals surface area contributed by atoms with Gasteiger partial charge in [0.25, 0.3) is 0 Å². The van der Waals surface area contributed by atoms with Crippen LogP contribution in [0, 0.1) is 0 Å². The molecule has 1 aliphatic heterocycles. The molecule has 1 unspecified atom stereocenters. The number of methoxy groups -OCH3 is 1. The summed E-state index contributed by atoms with van der Waals surface area (Å²) in [6.45, 7) is 0.891. The molecular weight excluding hydrogens is 226 g/mol. The van der Waals surface area contributed by atoms with E-state index in [4.69, 9.17) is 4.74 Å². The van der Waals surface area contributed by atoms with E-state index in [1.165, 1.54) is 7.11 Å². The van der Waals surface area contributed by atoms with Crippen LogP contribution in [0.2, 0.25) is 0 Å². The third-order valence-electron chi connectivity index (χ3n) is 2.94. The molecule has 0 amide bonds. The van der Waals surface area contributed by atoms with E-state index in [-0.39, 0.29) is 18.4 Å². The smallest absolute Gasteiger partial charge is 0.326 e. The zero-order valence-corrected chi connectivity index (χ0v) is 10.0. The Morgan fingerprint density at radius 3 is 2.50 bits per heavy atom. The van der Waals surface area contributed by atoms with Crippen molar-refractivity contribution in [3.05, 3.63) is 35.9 Å². The number of hydrogen-bond acceptors (Lipinski definition) is 3. The van der Waals surface area contributed by atoms with Crippen LogP contribution in [0.25, 0.3) is 0 Å². The lowest BCUT2D eigenvalue weighted by Crippen LogP contribution is -2.64. The van der Waals surface area contributed by atoms with Crippen molar-refractivity contribution in [1.82, 2.24) is 5.32 Å². The number of hydrogen-bond donors (Lipinski definition) is 1. The first-order valence-corrected chi connectivity index (χ1v) is 5.14. The maximum absolute atomic E-state index is 11.6. The van der Waals surface area contributed by atoms with Crippen LogP contribution >= 0.6 is 12.4 Å². The predicted molar refractivity (Wildman–Crippen MR) is 64.8 cm³/mol. The minimum atomic E-state index is -0.476. The van der Waals surface area contributed by atoms with Crippen molar-refractivity contribution in [3.8, 4) is 0 Å². The average molecular weight is 242 g/mol. The number of nitrogens with one attached hydrogen (secondary N) is 1. The van der Waals surface area contributed by atoms with Gasteiger partial charge in [0.2, 0.25) is 0 Å². The Balaban J connectivity index is 0.00000128. The van der Waals surface area contributed by atoms with E-state index in [1.807, 2.05) is 30.3 Å². The van der Waals surface area contributed by atoms with Crippen molar-refractivity contribution >= 4 is 18.4 Å². The highest BCUT2D eigenvalue weighted by atomic mass is 35.5. The fourth-order valence-electron chi connectivity index (χ4n) is 1.96. The largest absolute Gasteiger partial charge is 0.468 e. The van der Waals surface area contributed by atoms with Gasteiger partial charge >= 0.3 is 5.97 Å². The molecule has 0 aromatic heterocycles. The summed E-state index contributed by atoms with van der Waals surface area (Å²) in [5.74, 6) is -0.155. The fraction of sp³-hybridized carbons (Fsp3) is 0.417. The zero-order chi connectivity index (χ0) is 10.7. The van der Waals surface area contributed by atoms with Crippen molar-refractivity contribution in [2.75, 3.05) is 13.7 Å². The van der Waals surface area contributed by atoms with E-state index in [0.29, 0.717) is 6.42 Å². The second-order valence-corrected chi connectivity index (χ2v) is 3.91. The van der Waals surface area contributed by atoms with Crippen LogP contribution in [0.3, 0.4) is 0 Å². The van der Waals surface area contributed by atoms with Crippen LogP contribution in [0.4, 0.5) is 0 Å². The van der Waals surface area contributed by atoms with E-state index in [9.17, 15) is 4.79 Å². The van der Waals surface area contributed by atoms with Crippen LogP contribution in [-0.2, 0) is 16.0 Å². The molecule has 88 valence electrons. The number of rotatable bonds is 3. The lowest BCUT2D eigenvalue weighted by Gasteiger charge is -2.40. The van der Waals surface area contributed by atoms with Crippen LogP contribution in [-0.4, -0.2) is 25.2 Å². The van der Waals surface area contributed by atoms with Crippen molar-refractivity contribution in [3.63, 3.8) is 0 Å². The molecular formula is C12H16ClNO2. The first-order valence-electron chi connectivity index (χ1n) is 5.14. The molecule has 1 N–H and O–H groups in total. The van der Waals surface area contributed by atoms with Gasteiger partial charge in [-0.1, -0.05) is 30.3 Å². The molecule has 1 aromatic carbocycles. The van der Waals surface area contributed by atoms with Gasteiger partial charge in [0.1, 0.15) is 5.54 Å². The SMILES string of the molecule is COC(=O)C1(Cc2ccccc2)CCN1.Cl. The Bertz CT molecular complexity index is 349. The quantitative estimate of drug-likeness (QED) is 0.817. The number of ether oxygens (including phenoxy) is 1. The summed E-state index contributed by atoms with van der Waals surface area (Å²) >= 11 is 0. The van der Waals surface area contributed by atoms with Gasteiger partial charge < -0.3 is 10.1 Å². The average Bonchev–Trinajstić information content (AvgIpc) is 2.24. The number of carbonyl (C=O) groups excluding carboxylic acids is 1. The molecule has 4 heteroatoms. The van der Waals surface area contributed by atoms with Gasteiger partial charge in [-0.05, 0) is 18.5 Å². The summed E-state index contributed by atoms with van der Waals surface area (Å²) in [6, 6.07) is 10.0. The Labute approximate surface area is 102 Å². The summed E-state index contributed by atoms with van der Waals surface area (Å²) in [7, 11) is 1.44. The summed E-state index contributed by atoms with van der Waals surface area (Å²) in [6.07, 6.45) is 1.56. The zero-order valence-electron chi connectivity index (χ0n) is 9.23. The topological polar surface area (TPSA) is 38.3 Å². The second kappa shape index (κ2) is 5.32. The Morgan fingerprint density at radius 2 is 2.06 bits per heavy atom. The first-order chi connectivity index (χ1) is 7.27. The van der Waals surface area contributed by atoms with E-state index < -0.39 is 5.54 Å². The van der Waals surface area contributed by atoms with E-state index >= 15 is 0 Å².